The smallest absolute Gasteiger partial charge is 0.343 e. The second-order valence-electron chi connectivity index (χ2n) is 8.38. The molecule has 8 nitrogen and oxygen atoms in total. The predicted molar refractivity (Wildman–Crippen MR) is 153 cm³/mol. The molecular weight excluding hydrogens is 586 g/mol. The number of nitrogens with zero attached hydrogens (tertiary/aromatic N) is 1. The number of carbonyl (C=O) groups is 3. The second kappa shape index (κ2) is 12.9. The van der Waals surface area contributed by atoms with Crippen LogP contribution in [0.3, 0.4) is 0 Å². The number of halogens is 1. The van der Waals surface area contributed by atoms with Crippen LogP contribution in [0.25, 0.3) is 6.08 Å². The van der Waals surface area contributed by atoms with E-state index in [1.807, 2.05) is 31.2 Å². The van der Waals surface area contributed by atoms with Crippen LogP contribution in [0.15, 0.2) is 70.0 Å². The number of benzene rings is 3. The van der Waals surface area contributed by atoms with Crippen LogP contribution in [0.4, 0.5) is 4.79 Å². The van der Waals surface area contributed by atoms with Crippen molar-refractivity contribution in [2.45, 2.75) is 13.8 Å². The third-order valence-electron chi connectivity index (χ3n) is 5.63. The number of amides is 2. The van der Waals surface area contributed by atoms with E-state index >= 15 is 0 Å². The molecule has 0 N–H and O–H groups in total. The van der Waals surface area contributed by atoms with Crippen LogP contribution in [-0.4, -0.2) is 48.9 Å². The maximum Gasteiger partial charge on any atom is 0.343 e. The molecule has 0 atom stereocenters. The zero-order valence-corrected chi connectivity index (χ0v) is 24.0. The Kier molecular flexibility index (Phi) is 9.32. The SMILES string of the molecule is CCOc1cc(/C=C2\SC(=O)N(CCOc3ccc(C)cc3)C2=O)cc(Br)c1OC(=O)c1ccc(OC)cc1. The van der Waals surface area contributed by atoms with Gasteiger partial charge in [0.05, 0.1) is 35.2 Å². The van der Waals surface area contributed by atoms with Gasteiger partial charge in [0, 0.05) is 0 Å². The molecule has 3 aromatic carbocycles. The molecule has 2 amide bonds. The van der Waals surface area contributed by atoms with Crippen molar-refractivity contribution in [2.24, 2.45) is 0 Å². The maximum absolute atomic E-state index is 13.0. The molecule has 0 unspecified atom stereocenters. The van der Waals surface area contributed by atoms with E-state index < -0.39 is 11.9 Å². The van der Waals surface area contributed by atoms with Gasteiger partial charge in [0.2, 0.25) is 0 Å². The highest BCUT2D eigenvalue weighted by Gasteiger charge is 2.35. The Hall–Kier alpha value is -3.76. The van der Waals surface area contributed by atoms with Gasteiger partial charge >= 0.3 is 5.97 Å². The number of thioether (sulfide) groups is 1. The number of carbonyl (C=O) groups excluding carboxylic acids is 3. The van der Waals surface area contributed by atoms with Crippen molar-refractivity contribution in [1.29, 1.82) is 0 Å². The van der Waals surface area contributed by atoms with Gasteiger partial charge in [-0.2, -0.15) is 0 Å². The number of esters is 1. The Labute approximate surface area is 239 Å². The van der Waals surface area contributed by atoms with E-state index in [9.17, 15) is 14.4 Å². The van der Waals surface area contributed by atoms with E-state index in [0.29, 0.717) is 39.5 Å². The Morgan fingerprint density at radius 3 is 2.36 bits per heavy atom. The van der Waals surface area contributed by atoms with Gasteiger partial charge in [-0.15, -0.1) is 0 Å². The summed E-state index contributed by atoms with van der Waals surface area (Å²) in [6, 6.07) is 17.4. The number of ether oxygens (including phenoxy) is 4. The highest BCUT2D eigenvalue weighted by molar-refractivity contribution is 9.10. The van der Waals surface area contributed by atoms with E-state index in [1.165, 1.54) is 0 Å². The summed E-state index contributed by atoms with van der Waals surface area (Å²) < 4.78 is 22.6. The van der Waals surface area contributed by atoms with Crippen LogP contribution in [0.1, 0.15) is 28.4 Å². The lowest BCUT2D eigenvalue weighted by Gasteiger charge is -2.14. The fraction of sp³-hybridized carbons (Fsp3) is 0.207. The summed E-state index contributed by atoms with van der Waals surface area (Å²) in [7, 11) is 1.54. The fourth-order valence-corrected chi connectivity index (χ4v) is 5.05. The summed E-state index contributed by atoms with van der Waals surface area (Å²) in [6.07, 6.45) is 1.61. The van der Waals surface area contributed by atoms with Gasteiger partial charge in [0.25, 0.3) is 11.1 Å². The van der Waals surface area contributed by atoms with Crippen LogP contribution in [0.5, 0.6) is 23.0 Å². The van der Waals surface area contributed by atoms with Crippen molar-refractivity contribution in [3.05, 3.63) is 86.7 Å². The van der Waals surface area contributed by atoms with Crippen molar-refractivity contribution in [3.8, 4) is 23.0 Å². The van der Waals surface area contributed by atoms with Gasteiger partial charge in [-0.3, -0.25) is 14.5 Å². The summed E-state index contributed by atoms with van der Waals surface area (Å²) in [4.78, 5) is 39.7. The van der Waals surface area contributed by atoms with E-state index in [4.69, 9.17) is 18.9 Å². The predicted octanol–water partition coefficient (Wildman–Crippen LogP) is 6.50. The minimum atomic E-state index is -0.568. The Morgan fingerprint density at radius 1 is 1.00 bits per heavy atom. The van der Waals surface area contributed by atoms with Crippen molar-refractivity contribution in [2.75, 3.05) is 26.9 Å². The number of rotatable bonds is 10. The molecule has 1 heterocycles. The van der Waals surface area contributed by atoms with Crippen molar-refractivity contribution in [1.82, 2.24) is 4.90 Å². The molecule has 0 aliphatic carbocycles. The molecule has 1 saturated heterocycles. The minimum absolute atomic E-state index is 0.129. The summed E-state index contributed by atoms with van der Waals surface area (Å²) >= 11 is 4.31. The molecule has 0 radical (unpaired) electrons. The first-order valence-electron chi connectivity index (χ1n) is 12.1. The molecule has 1 fully saturated rings. The normalized spacial score (nSPS) is 14.1. The second-order valence-corrected chi connectivity index (χ2v) is 10.2. The molecule has 0 saturated carbocycles. The lowest BCUT2D eigenvalue weighted by atomic mass is 10.1. The zero-order chi connectivity index (χ0) is 27.9. The van der Waals surface area contributed by atoms with Gasteiger partial charge in [-0.25, -0.2) is 4.79 Å². The molecule has 1 aliphatic rings. The largest absolute Gasteiger partial charge is 0.497 e. The standard InChI is InChI=1S/C29H26BrNO7S/c1-4-36-24-16-19(15-23(30)26(24)38-28(33)20-7-11-21(35-3)12-8-20)17-25-27(32)31(29(34)39-25)13-14-37-22-9-5-18(2)6-10-22/h5-12,15-17H,4,13-14H2,1-3H3/b25-17-. The van der Waals surface area contributed by atoms with Crippen LogP contribution in [0.2, 0.25) is 0 Å². The van der Waals surface area contributed by atoms with Crippen molar-refractivity contribution < 1.29 is 33.3 Å². The minimum Gasteiger partial charge on any atom is -0.497 e. The lowest BCUT2D eigenvalue weighted by molar-refractivity contribution is -0.123. The Morgan fingerprint density at radius 2 is 1.69 bits per heavy atom. The topological polar surface area (TPSA) is 91.4 Å². The first-order valence-corrected chi connectivity index (χ1v) is 13.7. The highest BCUT2D eigenvalue weighted by Crippen LogP contribution is 2.39. The molecule has 0 spiro atoms. The molecular formula is C29H26BrNO7S. The number of aryl methyl sites for hydroxylation is 1. The van der Waals surface area contributed by atoms with Gasteiger partial charge in [0.1, 0.15) is 18.1 Å². The van der Waals surface area contributed by atoms with Gasteiger partial charge < -0.3 is 18.9 Å². The number of hydrogen-bond donors (Lipinski definition) is 0. The monoisotopic (exact) mass is 611 g/mol. The van der Waals surface area contributed by atoms with Crippen LogP contribution in [0, 0.1) is 6.92 Å². The molecule has 3 aromatic rings. The molecule has 0 aromatic heterocycles. The first-order chi connectivity index (χ1) is 18.8. The number of imide groups is 1. The Balaban J connectivity index is 1.48. The molecule has 39 heavy (non-hydrogen) atoms. The summed E-state index contributed by atoms with van der Waals surface area (Å²) in [5, 5.41) is -0.368. The maximum atomic E-state index is 13.0. The van der Waals surface area contributed by atoms with Gasteiger partial charge in [0.15, 0.2) is 11.5 Å². The third-order valence-corrected chi connectivity index (χ3v) is 7.12. The van der Waals surface area contributed by atoms with Crippen LogP contribution in [-0.2, 0) is 4.79 Å². The van der Waals surface area contributed by atoms with Gasteiger partial charge in [-0.05, 0) is 102 Å². The Bertz CT molecular complexity index is 1400. The lowest BCUT2D eigenvalue weighted by Crippen LogP contribution is -2.32. The summed E-state index contributed by atoms with van der Waals surface area (Å²) in [5.41, 5.74) is 2.05. The first kappa shape index (κ1) is 28.3. The van der Waals surface area contributed by atoms with E-state index in [-0.39, 0.29) is 29.0 Å². The average molecular weight is 612 g/mol. The average Bonchev–Trinajstić information content (AvgIpc) is 3.19. The van der Waals surface area contributed by atoms with Crippen molar-refractivity contribution >= 4 is 50.9 Å². The molecule has 0 bridgehead atoms. The van der Waals surface area contributed by atoms with Gasteiger partial charge in [-0.1, -0.05) is 17.7 Å². The van der Waals surface area contributed by atoms with Crippen LogP contribution >= 0.6 is 27.7 Å². The van der Waals surface area contributed by atoms with E-state index in [2.05, 4.69) is 15.9 Å². The molecule has 10 heteroatoms. The van der Waals surface area contributed by atoms with E-state index in [1.54, 1.807) is 56.5 Å². The summed E-state index contributed by atoms with van der Waals surface area (Å²) in [5.74, 6) is 0.837. The van der Waals surface area contributed by atoms with Crippen LogP contribution < -0.4 is 18.9 Å². The molecule has 4 rings (SSSR count). The molecule has 1 aliphatic heterocycles. The zero-order valence-electron chi connectivity index (χ0n) is 21.6. The number of hydrogen-bond acceptors (Lipinski definition) is 8. The van der Waals surface area contributed by atoms with E-state index in [0.717, 1.165) is 22.2 Å². The number of methoxy groups -OCH3 is 1. The quantitative estimate of drug-likeness (QED) is 0.146. The molecule has 202 valence electrons. The fourth-order valence-electron chi connectivity index (χ4n) is 3.65. The highest BCUT2D eigenvalue weighted by atomic mass is 79.9. The summed E-state index contributed by atoms with van der Waals surface area (Å²) in [6.45, 7) is 4.42. The third kappa shape index (κ3) is 7.01. The van der Waals surface area contributed by atoms with Crippen molar-refractivity contribution in [3.63, 3.8) is 0 Å².